The summed E-state index contributed by atoms with van der Waals surface area (Å²) in [5.41, 5.74) is 4.13. The zero-order valence-corrected chi connectivity index (χ0v) is 16.1. The van der Waals surface area contributed by atoms with Crippen LogP contribution in [0.5, 0.6) is 5.75 Å². The van der Waals surface area contributed by atoms with Gasteiger partial charge in [-0.1, -0.05) is 24.3 Å². The van der Waals surface area contributed by atoms with Gasteiger partial charge in [0.1, 0.15) is 5.75 Å². The maximum atomic E-state index is 12.5. The van der Waals surface area contributed by atoms with Crippen LogP contribution in [0.4, 0.5) is 5.69 Å². The van der Waals surface area contributed by atoms with Crippen molar-refractivity contribution in [3.05, 3.63) is 59.2 Å². The molecule has 5 heteroatoms. The molecule has 142 valence electrons. The lowest BCUT2D eigenvalue weighted by Crippen LogP contribution is -2.32. The van der Waals surface area contributed by atoms with E-state index >= 15 is 0 Å². The Morgan fingerprint density at radius 3 is 2.63 bits per heavy atom. The largest absolute Gasteiger partial charge is 0.494 e. The molecule has 1 saturated heterocycles. The Kier molecular flexibility index (Phi) is 5.79. The van der Waals surface area contributed by atoms with Crippen molar-refractivity contribution in [2.45, 2.75) is 33.7 Å². The Labute approximate surface area is 160 Å². The maximum Gasteiger partial charge on any atom is 0.227 e. The van der Waals surface area contributed by atoms with Gasteiger partial charge >= 0.3 is 0 Å². The van der Waals surface area contributed by atoms with E-state index in [1.54, 1.807) is 4.90 Å². The second-order valence-corrected chi connectivity index (χ2v) is 6.92. The van der Waals surface area contributed by atoms with Gasteiger partial charge in [0.2, 0.25) is 11.8 Å². The lowest BCUT2D eigenvalue weighted by molar-refractivity contribution is -0.126. The van der Waals surface area contributed by atoms with Crippen molar-refractivity contribution in [3.63, 3.8) is 0 Å². The molecule has 2 aromatic rings. The smallest absolute Gasteiger partial charge is 0.227 e. The summed E-state index contributed by atoms with van der Waals surface area (Å²) in [6, 6.07) is 13.6. The second kappa shape index (κ2) is 8.25. The first kappa shape index (κ1) is 19.0. The molecule has 1 atom stereocenters. The van der Waals surface area contributed by atoms with Crippen molar-refractivity contribution >= 4 is 17.5 Å². The van der Waals surface area contributed by atoms with Gasteiger partial charge in [-0.25, -0.2) is 0 Å². The van der Waals surface area contributed by atoms with E-state index in [1.165, 1.54) is 0 Å². The van der Waals surface area contributed by atoms with Gasteiger partial charge in [-0.05, 0) is 55.7 Å². The molecule has 5 nitrogen and oxygen atoms in total. The summed E-state index contributed by atoms with van der Waals surface area (Å²) in [6.45, 7) is 7.48. The number of nitrogens with zero attached hydrogens (tertiary/aromatic N) is 1. The minimum atomic E-state index is -0.319. The molecule has 1 N–H and O–H groups in total. The van der Waals surface area contributed by atoms with Gasteiger partial charge in [0, 0.05) is 25.2 Å². The Balaban J connectivity index is 1.59. The fraction of sp³-hybridized carbons (Fsp3) is 0.364. The lowest BCUT2D eigenvalue weighted by atomic mass is 10.1. The number of rotatable bonds is 6. The quantitative estimate of drug-likeness (QED) is 0.853. The zero-order chi connectivity index (χ0) is 19.4. The number of benzene rings is 2. The van der Waals surface area contributed by atoms with E-state index in [4.69, 9.17) is 4.74 Å². The molecule has 1 aliphatic rings. The molecule has 0 aromatic heterocycles. The second-order valence-electron chi connectivity index (χ2n) is 6.92. The summed E-state index contributed by atoms with van der Waals surface area (Å²) >= 11 is 0. The van der Waals surface area contributed by atoms with Crippen LogP contribution < -0.4 is 15.0 Å². The van der Waals surface area contributed by atoms with Crippen molar-refractivity contribution in [2.75, 3.05) is 18.1 Å². The molecule has 0 radical (unpaired) electrons. The highest BCUT2D eigenvalue weighted by Crippen LogP contribution is 2.29. The van der Waals surface area contributed by atoms with Gasteiger partial charge in [-0.3, -0.25) is 9.59 Å². The molecular formula is C22H26N2O3. The van der Waals surface area contributed by atoms with E-state index in [0.29, 0.717) is 19.7 Å². The van der Waals surface area contributed by atoms with Crippen LogP contribution in [0.15, 0.2) is 42.5 Å². The third-order valence-electron chi connectivity index (χ3n) is 5.06. The van der Waals surface area contributed by atoms with E-state index in [2.05, 4.69) is 5.32 Å². The van der Waals surface area contributed by atoms with Crippen molar-refractivity contribution in [3.8, 4) is 5.75 Å². The molecule has 1 aliphatic heterocycles. The van der Waals surface area contributed by atoms with Crippen LogP contribution in [0.1, 0.15) is 30.0 Å². The first-order chi connectivity index (χ1) is 13.0. The van der Waals surface area contributed by atoms with Crippen molar-refractivity contribution < 1.29 is 14.3 Å². The molecule has 0 saturated carbocycles. The highest BCUT2D eigenvalue weighted by Gasteiger charge is 2.35. The third-order valence-corrected chi connectivity index (χ3v) is 5.06. The zero-order valence-electron chi connectivity index (χ0n) is 16.1. The van der Waals surface area contributed by atoms with Crippen molar-refractivity contribution in [1.29, 1.82) is 0 Å². The van der Waals surface area contributed by atoms with Gasteiger partial charge in [-0.15, -0.1) is 0 Å². The average Bonchev–Trinajstić information content (AvgIpc) is 3.05. The number of hydrogen-bond acceptors (Lipinski definition) is 3. The van der Waals surface area contributed by atoms with Crippen LogP contribution >= 0.6 is 0 Å². The minimum Gasteiger partial charge on any atom is -0.494 e. The summed E-state index contributed by atoms with van der Waals surface area (Å²) in [6.07, 6.45) is 0.252. The molecule has 27 heavy (non-hydrogen) atoms. The Bertz CT molecular complexity index is 830. The van der Waals surface area contributed by atoms with Gasteiger partial charge in [0.05, 0.1) is 12.5 Å². The Hall–Kier alpha value is -2.82. The standard InChI is InChI=1S/C22H26N2O3/c1-4-27-19-10-8-17(9-11-19)13-23-22(26)18-12-21(25)24(14-18)20-7-5-6-15(2)16(20)3/h5-11,18H,4,12-14H2,1-3H3,(H,23,26)/t18-/m0/s1. The van der Waals surface area contributed by atoms with Crippen molar-refractivity contribution in [1.82, 2.24) is 5.32 Å². The Morgan fingerprint density at radius 1 is 1.19 bits per heavy atom. The van der Waals surface area contributed by atoms with E-state index in [-0.39, 0.29) is 24.2 Å². The van der Waals surface area contributed by atoms with Crippen LogP contribution in [0.3, 0.4) is 0 Å². The van der Waals surface area contributed by atoms with Gasteiger partial charge in [0.15, 0.2) is 0 Å². The highest BCUT2D eigenvalue weighted by molar-refractivity contribution is 6.00. The van der Waals surface area contributed by atoms with E-state index in [0.717, 1.165) is 28.1 Å². The molecule has 0 unspecified atom stereocenters. The fourth-order valence-electron chi connectivity index (χ4n) is 3.35. The molecule has 0 spiro atoms. The number of hydrogen-bond donors (Lipinski definition) is 1. The number of carbonyl (C=O) groups is 2. The fourth-order valence-corrected chi connectivity index (χ4v) is 3.35. The van der Waals surface area contributed by atoms with Crippen LogP contribution in [0, 0.1) is 19.8 Å². The Morgan fingerprint density at radius 2 is 1.93 bits per heavy atom. The monoisotopic (exact) mass is 366 g/mol. The molecule has 2 amide bonds. The third kappa shape index (κ3) is 4.30. The normalized spacial score (nSPS) is 16.5. The van der Waals surface area contributed by atoms with Gasteiger partial charge < -0.3 is 15.0 Å². The molecule has 2 aromatic carbocycles. The maximum absolute atomic E-state index is 12.5. The number of carbonyl (C=O) groups excluding carboxylic acids is 2. The SMILES string of the molecule is CCOc1ccc(CNC(=O)[C@H]2CC(=O)N(c3cccc(C)c3C)C2)cc1. The summed E-state index contributed by atoms with van der Waals surface area (Å²) in [7, 11) is 0. The predicted octanol–water partition coefficient (Wildman–Crippen LogP) is 3.37. The summed E-state index contributed by atoms with van der Waals surface area (Å²) in [5.74, 6) is 0.424. The number of nitrogens with one attached hydrogen (secondary N) is 1. The summed E-state index contributed by atoms with van der Waals surface area (Å²) in [5, 5.41) is 2.95. The van der Waals surface area contributed by atoms with Gasteiger partial charge in [0.25, 0.3) is 0 Å². The van der Waals surface area contributed by atoms with Crippen LogP contribution in [-0.4, -0.2) is 25.0 Å². The van der Waals surface area contributed by atoms with Crippen molar-refractivity contribution in [2.24, 2.45) is 5.92 Å². The number of amides is 2. The summed E-state index contributed by atoms with van der Waals surface area (Å²) in [4.78, 5) is 26.7. The molecular weight excluding hydrogens is 340 g/mol. The first-order valence-electron chi connectivity index (χ1n) is 9.35. The minimum absolute atomic E-state index is 0.00455. The number of anilines is 1. The van der Waals surface area contributed by atoms with E-state index in [1.807, 2.05) is 63.2 Å². The number of aryl methyl sites for hydroxylation is 1. The van der Waals surface area contributed by atoms with Gasteiger partial charge in [-0.2, -0.15) is 0 Å². The molecule has 1 heterocycles. The van der Waals surface area contributed by atoms with Crippen LogP contribution in [-0.2, 0) is 16.1 Å². The van der Waals surface area contributed by atoms with E-state index in [9.17, 15) is 9.59 Å². The topological polar surface area (TPSA) is 58.6 Å². The molecule has 1 fully saturated rings. The lowest BCUT2D eigenvalue weighted by Gasteiger charge is -2.20. The highest BCUT2D eigenvalue weighted by atomic mass is 16.5. The molecule has 0 bridgehead atoms. The predicted molar refractivity (Wildman–Crippen MR) is 106 cm³/mol. The average molecular weight is 366 g/mol. The van der Waals surface area contributed by atoms with Crippen LogP contribution in [0.2, 0.25) is 0 Å². The van der Waals surface area contributed by atoms with E-state index < -0.39 is 0 Å². The summed E-state index contributed by atoms with van der Waals surface area (Å²) < 4.78 is 5.42. The molecule has 0 aliphatic carbocycles. The first-order valence-corrected chi connectivity index (χ1v) is 9.35. The molecule has 3 rings (SSSR count). The van der Waals surface area contributed by atoms with Crippen LogP contribution in [0.25, 0.3) is 0 Å². The number of ether oxygens (including phenoxy) is 1.